The molecule has 0 radical (unpaired) electrons. The molecule has 1 aromatic rings. The van der Waals surface area contributed by atoms with E-state index in [4.69, 9.17) is 9.47 Å². The van der Waals surface area contributed by atoms with Crippen LogP contribution < -0.4 is 10.1 Å². The highest BCUT2D eigenvalue weighted by molar-refractivity contribution is 5.81. The van der Waals surface area contributed by atoms with E-state index in [2.05, 4.69) is 28.2 Å². The van der Waals surface area contributed by atoms with E-state index in [0.29, 0.717) is 19.8 Å². The van der Waals surface area contributed by atoms with Gasteiger partial charge in [-0.2, -0.15) is 0 Å². The van der Waals surface area contributed by atoms with Crippen molar-refractivity contribution in [3.63, 3.8) is 0 Å². The SMILES string of the molecule is CN=C(NCc1cc(C)cc(OC)c1)N1CCC(C(=O)N2CCOCC2)CC1. The third-order valence-corrected chi connectivity index (χ3v) is 5.48. The number of morpholine rings is 1. The number of ether oxygens (including phenoxy) is 2. The van der Waals surface area contributed by atoms with Crippen molar-refractivity contribution in [2.45, 2.75) is 26.3 Å². The molecule has 2 aliphatic heterocycles. The number of benzene rings is 1. The maximum Gasteiger partial charge on any atom is 0.225 e. The summed E-state index contributed by atoms with van der Waals surface area (Å²) in [6, 6.07) is 6.21. The Balaban J connectivity index is 1.51. The zero-order chi connectivity index (χ0) is 19.9. The predicted octanol–water partition coefficient (Wildman–Crippen LogP) is 1.65. The molecule has 7 heteroatoms. The molecule has 0 atom stereocenters. The van der Waals surface area contributed by atoms with E-state index in [9.17, 15) is 4.79 Å². The molecule has 0 saturated carbocycles. The zero-order valence-corrected chi connectivity index (χ0v) is 17.2. The van der Waals surface area contributed by atoms with E-state index < -0.39 is 0 Å². The fourth-order valence-corrected chi connectivity index (χ4v) is 3.94. The maximum absolute atomic E-state index is 12.7. The van der Waals surface area contributed by atoms with Gasteiger partial charge in [-0.05, 0) is 43.0 Å². The van der Waals surface area contributed by atoms with Gasteiger partial charge >= 0.3 is 0 Å². The summed E-state index contributed by atoms with van der Waals surface area (Å²) in [6.45, 7) is 7.21. The van der Waals surface area contributed by atoms with Crippen LogP contribution in [-0.4, -0.2) is 75.2 Å². The molecule has 0 aliphatic carbocycles. The average molecular weight is 389 g/mol. The standard InChI is InChI=1S/C21H32N4O3/c1-16-12-17(14-19(13-16)27-3)15-23-21(22-2)25-6-4-18(5-7-25)20(26)24-8-10-28-11-9-24/h12-14,18H,4-11,15H2,1-3H3,(H,22,23). The molecule has 2 saturated heterocycles. The van der Waals surface area contributed by atoms with E-state index in [1.165, 1.54) is 5.56 Å². The van der Waals surface area contributed by atoms with E-state index in [1.54, 1.807) is 7.11 Å². The molecule has 1 N–H and O–H groups in total. The van der Waals surface area contributed by atoms with Gasteiger partial charge in [-0.1, -0.05) is 6.07 Å². The summed E-state index contributed by atoms with van der Waals surface area (Å²) < 4.78 is 10.7. The normalized spacial score (nSPS) is 18.9. The molecular formula is C21H32N4O3. The fraction of sp³-hybridized carbons (Fsp3) is 0.619. The molecule has 2 heterocycles. The van der Waals surface area contributed by atoms with E-state index in [0.717, 1.165) is 56.3 Å². The summed E-state index contributed by atoms with van der Waals surface area (Å²) in [4.78, 5) is 21.3. The van der Waals surface area contributed by atoms with Gasteiger partial charge in [0, 0.05) is 45.7 Å². The fourth-order valence-electron chi connectivity index (χ4n) is 3.94. The number of carbonyl (C=O) groups excluding carboxylic acids is 1. The van der Waals surface area contributed by atoms with Crippen molar-refractivity contribution in [2.24, 2.45) is 10.9 Å². The Morgan fingerprint density at radius 2 is 1.89 bits per heavy atom. The Kier molecular flexibility index (Phi) is 7.14. The predicted molar refractivity (Wildman–Crippen MR) is 110 cm³/mol. The minimum Gasteiger partial charge on any atom is -0.497 e. The van der Waals surface area contributed by atoms with Gasteiger partial charge in [0.25, 0.3) is 0 Å². The second kappa shape index (κ2) is 9.78. The Hall–Kier alpha value is -2.28. The van der Waals surface area contributed by atoms with Gasteiger partial charge in [-0.15, -0.1) is 0 Å². The van der Waals surface area contributed by atoms with Gasteiger partial charge in [0.05, 0.1) is 20.3 Å². The minimum absolute atomic E-state index is 0.119. The van der Waals surface area contributed by atoms with Gasteiger partial charge < -0.3 is 24.6 Å². The van der Waals surface area contributed by atoms with Gasteiger partial charge in [0.15, 0.2) is 5.96 Å². The van der Waals surface area contributed by atoms with Crippen LogP contribution in [0, 0.1) is 12.8 Å². The van der Waals surface area contributed by atoms with E-state index >= 15 is 0 Å². The topological polar surface area (TPSA) is 66.4 Å². The number of hydrogen-bond donors (Lipinski definition) is 1. The van der Waals surface area contributed by atoms with Crippen LogP contribution in [0.4, 0.5) is 0 Å². The lowest BCUT2D eigenvalue weighted by Crippen LogP contribution is -2.49. The first-order valence-corrected chi connectivity index (χ1v) is 10.1. The second-order valence-corrected chi connectivity index (χ2v) is 7.46. The number of carbonyl (C=O) groups is 1. The van der Waals surface area contributed by atoms with Crippen LogP contribution in [0.2, 0.25) is 0 Å². The van der Waals surface area contributed by atoms with Crippen LogP contribution in [0.15, 0.2) is 23.2 Å². The maximum atomic E-state index is 12.7. The van der Waals surface area contributed by atoms with Crippen molar-refractivity contribution in [1.82, 2.24) is 15.1 Å². The van der Waals surface area contributed by atoms with Gasteiger partial charge in [-0.25, -0.2) is 0 Å². The molecule has 1 amide bonds. The summed E-state index contributed by atoms with van der Waals surface area (Å²) in [5, 5.41) is 3.45. The van der Waals surface area contributed by atoms with Crippen molar-refractivity contribution in [2.75, 3.05) is 53.6 Å². The summed E-state index contributed by atoms with van der Waals surface area (Å²) in [6.07, 6.45) is 1.74. The molecule has 0 unspecified atom stereocenters. The van der Waals surface area contributed by atoms with Crippen molar-refractivity contribution < 1.29 is 14.3 Å². The first-order chi connectivity index (χ1) is 13.6. The third kappa shape index (κ3) is 5.16. The number of methoxy groups -OCH3 is 1. The first-order valence-electron chi connectivity index (χ1n) is 10.1. The summed E-state index contributed by atoms with van der Waals surface area (Å²) in [5.74, 6) is 2.17. The van der Waals surface area contributed by atoms with Crippen molar-refractivity contribution in [1.29, 1.82) is 0 Å². The molecule has 0 bridgehead atoms. The van der Waals surface area contributed by atoms with Crippen LogP contribution in [-0.2, 0) is 16.1 Å². The average Bonchev–Trinajstić information content (AvgIpc) is 2.74. The van der Waals surface area contributed by atoms with Crippen molar-refractivity contribution in [3.05, 3.63) is 29.3 Å². The van der Waals surface area contributed by atoms with Crippen molar-refractivity contribution >= 4 is 11.9 Å². The molecule has 3 rings (SSSR count). The number of nitrogens with one attached hydrogen (secondary N) is 1. The molecule has 0 aromatic heterocycles. The highest BCUT2D eigenvalue weighted by atomic mass is 16.5. The number of piperidine rings is 1. The molecule has 2 fully saturated rings. The highest BCUT2D eigenvalue weighted by Gasteiger charge is 2.30. The lowest BCUT2D eigenvalue weighted by Gasteiger charge is -2.36. The number of hydrogen-bond acceptors (Lipinski definition) is 4. The Morgan fingerprint density at radius 3 is 2.54 bits per heavy atom. The highest BCUT2D eigenvalue weighted by Crippen LogP contribution is 2.21. The lowest BCUT2D eigenvalue weighted by atomic mass is 9.95. The van der Waals surface area contributed by atoms with Crippen LogP contribution in [0.3, 0.4) is 0 Å². The number of nitrogens with zero attached hydrogens (tertiary/aromatic N) is 3. The lowest BCUT2D eigenvalue weighted by molar-refractivity contribution is -0.140. The third-order valence-electron chi connectivity index (χ3n) is 5.48. The van der Waals surface area contributed by atoms with E-state index in [1.807, 2.05) is 24.1 Å². The summed E-state index contributed by atoms with van der Waals surface area (Å²) >= 11 is 0. The number of aryl methyl sites for hydroxylation is 1. The molecule has 28 heavy (non-hydrogen) atoms. The Morgan fingerprint density at radius 1 is 1.18 bits per heavy atom. The summed E-state index contributed by atoms with van der Waals surface area (Å²) in [5.41, 5.74) is 2.34. The summed E-state index contributed by atoms with van der Waals surface area (Å²) in [7, 11) is 3.50. The smallest absolute Gasteiger partial charge is 0.225 e. The number of guanidine groups is 1. The van der Waals surface area contributed by atoms with Gasteiger partial charge in [0.2, 0.25) is 5.91 Å². The second-order valence-electron chi connectivity index (χ2n) is 7.46. The Bertz CT molecular complexity index is 693. The zero-order valence-electron chi connectivity index (χ0n) is 17.2. The molecule has 1 aromatic carbocycles. The van der Waals surface area contributed by atoms with Gasteiger partial charge in [0.1, 0.15) is 5.75 Å². The van der Waals surface area contributed by atoms with Crippen molar-refractivity contribution in [3.8, 4) is 5.75 Å². The van der Waals surface area contributed by atoms with Crippen LogP contribution in [0.1, 0.15) is 24.0 Å². The van der Waals surface area contributed by atoms with E-state index in [-0.39, 0.29) is 11.8 Å². The number of aliphatic imine (C=N–C) groups is 1. The molecular weight excluding hydrogens is 356 g/mol. The van der Waals surface area contributed by atoms with Gasteiger partial charge in [-0.3, -0.25) is 9.79 Å². The van der Waals surface area contributed by atoms with Crippen LogP contribution in [0.5, 0.6) is 5.75 Å². The molecule has 154 valence electrons. The van der Waals surface area contributed by atoms with Crippen LogP contribution in [0.25, 0.3) is 0 Å². The monoisotopic (exact) mass is 388 g/mol. The Labute approximate surface area is 167 Å². The number of amides is 1. The largest absolute Gasteiger partial charge is 0.497 e. The number of rotatable bonds is 4. The molecule has 7 nitrogen and oxygen atoms in total. The first kappa shape index (κ1) is 20.5. The molecule has 2 aliphatic rings. The quantitative estimate of drug-likeness (QED) is 0.628. The molecule has 0 spiro atoms. The minimum atomic E-state index is 0.119. The number of likely N-dealkylation sites (tertiary alicyclic amines) is 1. The van der Waals surface area contributed by atoms with Crippen LogP contribution >= 0.6 is 0 Å².